The van der Waals surface area contributed by atoms with E-state index in [1.807, 2.05) is 16.3 Å². The molecule has 1 amide bonds. The van der Waals surface area contributed by atoms with Crippen LogP contribution in [0.4, 0.5) is 0 Å². The lowest BCUT2D eigenvalue weighted by molar-refractivity contribution is 0.0690. The van der Waals surface area contributed by atoms with Crippen LogP contribution in [0.15, 0.2) is 15.9 Å². The van der Waals surface area contributed by atoms with Gasteiger partial charge in [0.1, 0.15) is 4.88 Å². The van der Waals surface area contributed by atoms with Gasteiger partial charge in [0.2, 0.25) is 0 Å². The second-order valence-electron chi connectivity index (χ2n) is 4.01. The van der Waals surface area contributed by atoms with Crippen LogP contribution in [0.25, 0.3) is 0 Å². The summed E-state index contributed by atoms with van der Waals surface area (Å²) in [7, 11) is 0. The minimum Gasteiger partial charge on any atom is -0.338 e. The number of amides is 1. The number of rotatable bonds is 2. The van der Waals surface area contributed by atoms with E-state index in [1.54, 1.807) is 0 Å². The molecule has 0 saturated carbocycles. The fourth-order valence-electron chi connectivity index (χ4n) is 1.97. The highest BCUT2D eigenvalue weighted by molar-refractivity contribution is 9.10. The number of piperidine rings is 1. The van der Waals surface area contributed by atoms with Crippen molar-refractivity contribution < 1.29 is 4.79 Å². The Bertz CT molecular complexity index is 380. The molecule has 0 spiro atoms. The average molecular weight is 367 g/mol. The lowest BCUT2D eigenvalue weighted by Gasteiger charge is -2.31. The number of carbonyl (C=O) groups excluding carboxylic acids is 1. The zero-order chi connectivity index (χ0) is 11.5. The van der Waals surface area contributed by atoms with Crippen molar-refractivity contribution in [3.8, 4) is 0 Å². The molecule has 0 bridgehead atoms. The van der Waals surface area contributed by atoms with Crippen molar-refractivity contribution in [1.82, 2.24) is 4.90 Å². The topological polar surface area (TPSA) is 20.3 Å². The molecule has 0 aromatic carbocycles. The third kappa shape index (κ3) is 2.68. The van der Waals surface area contributed by atoms with Gasteiger partial charge in [-0.25, -0.2) is 0 Å². The van der Waals surface area contributed by atoms with E-state index in [9.17, 15) is 4.79 Å². The van der Waals surface area contributed by atoms with Gasteiger partial charge in [0.05, 0.1) is 0 Å². The number of nitrogens with zero attached hydrogens (tertiary/aromatic N) is 1. The van der Waals surface area contributed by atoms with Crippen LogP contribution in [0.1, 0.15) is 22.5 Å². The monoisotopic (exact) mass is 365 g/mol. The summed E-state index contributed by atoms with van der Waals surface area (Å²) in [4.78, 5) is 15.0. The maximum atomic E-state index is 12.2. The Morgan fingerprint density at radius 2 is 2.44 bits per heavy atom. The molecule has 0 aliphatic carbocycles. The van der Waals surface area contributed by atoms with Crippen LogP contribution in [-0.2, 0) is 0 Å². The number of halogens is 2. The summed E-state index contributed by atoms with van der Waals surface area (Å²) < 4.78 is 0.920. The second-order valence-corrected chi connectivity index (χ2v) is 6.43. The van der Waals surface area contributed by atoms with Crippen molar-refractivity contribution in [2.45, 2.75) is 12.8 Å². The summed E-state index contributed by atoms with van der Waals surface area (Å²) in [6.45, 7) is 1.78. The fourth-order valence-corrected chi connectivity index (χ4v) is 4.00. The van der Waals surface area contributed by atoms with Crippen molar-refractivity contribution in [3.05, 3.63) is 20.8 Å². The summed E-state index contributed by atoms with van der Waals surface area (Å²) in [6.07, 6.45) is 2.34. The lowest BCUT2D eigenvalue weighted by atomic mass is 10.0. The standard InChI is InChI=1S/C11H13Br2NOS/c12-6-8-2-1-4-14(7-8)11(15)10-9(13)3-5-16-10/h3,5,8H,1-2,4,6-7H2. The Morgan fingerprint density at radius 3 is 3.06 bits per heavy atom. The van der Waals surface area contributed by atoms with Gasteiger partial charge >= 0.3 is 0 Å². The summed E-state index contributed by atoms with van der Waals surface area (Å²) >= 11 is 8.44. The van der Waals surface area contributed by atoms with Gasteiger partial charge < -0.3 is 4.90 Å². The Labute approximate surface area is 116 Å². The van der Waals surface area contributed by atoms with Gasteiger partial charge in [-0.1, -0.05) is 15.9 Å². The highest BCUT2D eigenvalue weighted by Crippen LogP contribution is 2.26. The molecule has 1 atom stereocenters. The van der Waals surface area contributed by atoms with Crippen molar-refractivity contribution >= 4 is 49.1 Å². The Morgan fingerprint density at radius 1 is 1.62 bits per heavy atom. The Hall–Kier alpha value is 0.130. The van der Waals surface area contributed by atoms with Crippen molar-refractivity contribution in [3.63, 3.8) is 0 Å². The van der Waals surface area contributed by atoms with E-state index in [4.69, 9.17) is 0 Å². The number of thiophene rings is 1. The van der Waals surface area contributed by atoms with Gasteiger partial charge in [-0.2, -0.15) is 0 Å². The summed E-state index contributed by atoms with van der Waals surface area (Å²) in [5.41, 5.74) is 0. The molecular formula is C11H13Br2NOS. The van der Waals surface area contributed by atoms with E-state index in [2.05, 4.69) is 31.9 Å². The van der Waals surface area contributed by atoms with Crippen LogP contribution >= 0.6 is 43.2 Å². The van der Waals surface area contributed by atoms with Crippen LogP contribution in [0.3, 0.4) is 0 Å². The van der Waals surface area contributed by atoms with Gasteiger partial charge in [-0.15, -0.1) is 11.3 Å². The first-order valence-corrected chi connectivity index (χ1v) is 8.10. The Kier molecular flexibility index (Phi) is 4.44. The number of alkyl halides is 1. The molecule has 88 valence electrons. The largest absolute Gasteiger partial charge is 0.338 e. The highest BCUT2D eigenvalue weighted by atomic mass is 79.9. The van der Waals surface area contributed by atoms with Crippen LogP contribution in [-0.4, -0.2) is 29.2 Å². The molecule has 1 aliphatic heterocycles. The summed E-state index contributed by atoms with van der Waals surface area (Å²) in [5.74, 6) is 0.781. The van der Waals surface area contributed by atoms with Crippen LogP contribution in [0.2, 0.25) is 0 Å². The van der Waals surface area contributed by atoms with Crippen molar-refractivity contribution in [1.29, 1.82) is 0 Å². The summed E-state index contributed by atoms with van der Waals surface area (Å²) in [5, 5.41) is 2.94. The predicted molar refractivity (Wildman–Crippen MR) is 74.4 cm³/mol. The minimum absolute atomic E-state index is 0.174. The fraction of sp³-hybridized carbons (Fsp3) is 0.545. The van der Waals surface area contributed by atoms with E-state index in [0.29, 0.717) is 5.92 Å². The van der Waals surface area contributed by atoms with E-state index in [1.165, 1.54) is 17.8 Å². The zero-order valence-electron chi connectivity index (χ0n) is 8.79. The zero-order valence-corrected chi connectivity index (χ0v) is 12.8. The molecule has 2 rings (SSSR count). The molecule has 1 aliphatic rings. The molecule has 1 saturated heterocycles. The molecule has 0 radical (unpaired) electrons. The molecule has 0 N–H and O–H groups in total. The number of hydrogen-bond donors (Lipinski definition) is 0. The molecule has 1 aromatic heterocycles. The van der Waals surface area contributed by atoms with E-state index in [-0.39, 0.29) is 5.91 Å². The molecule has 1 fully saturated rings. The maximum absolute atomic E-state index is 12.2. The van der Waals surface area contributed by atoms with Crippen molar-refractivity contribution in [2.75, 3.05) is 18.4 Å². The molecule has 2 nitrogen and oxygen atoms in total. The molecule has 2 heterocycles. The maximum Gasteiger partial charge on any atom is 0.265 e. The van der Waals surface area contributed by atoms with Gasteiger partial charge in [0, 0.05) is 22.9 Å². The molecule has 5 heteroatoms. The number of hydrogen-bond acceptors (Lipinski definition) is 2. The smallest absolute Gasteiger partial charge is 0.265 e. The third-order valence-corrected chi connectivity index (χ3v) is 5.58. The van der Waals surface area contributed by atoms with Crippen LogP contribution < -0.4 is 0 Å². The number of likely N-dealkylation sites (tertiary alicyclic amines) is 1. The van der Waals surface area contributed by atoms with E-state index >= 15 is 0 Å². The molecule has 16 heavy (non-hydrogen) atoms. The van der Waals surface area contributed by atoms with Crippen LogP contribution in [0, 0.1) is 5.92 Å². The highest BCUT2D eigenvalue weighted by Gasteiger charge is 2.25. The van der Waals surface area contributed by atoms with Gasteiger partial charge in [0.15, 0.2) is 0 Å². The number of carbonyl (C=O) groups is 1. The first-order valence-electron chi connectivity index (χ1n) is 5.30. The van der Waals surface area contributed by atoms with Gasteiger partial charge in [-0.05, 0) is 46.1 Å². The molecular weight excluding hydrogens is 354 g/mol. The minimum atomic E-state index is 0.174. The first kappa shape index (κ1) is 12.6. The first-order chi connectivity index (χ1) is 7.72. The van der Waals surface area contributed by atoms with Gasteiger partial charge in [0.25, 0.3) is 5.91 Å². The SMILES string of the molecule is O=C(c1sccc1Br)N1CCCC(CBr)C1. The molecule has 1 unspecified atom stereocenters. The summed E-state index contributed by atoms with van der Waals surface area (Å²) in [6, 6.07) is 1.93. The van der Waals surface area contributed by atoms with E-state index in [0.717, 1.165) is 34.2 Å². The second kappa shape index (κ2) is 5.65. The van der Waals surface area contributed by atoms with Crippen LogP contribution in [0.5, 0.6) is 0 Å². The van der Waals surface area contributed by atoms with Gasteiger partial charge in [-0.3, -0.25) is 4.79 Å². The lowest BCUT2D eigenvalue weighted by Crippen LogP contribution is -2.40. The van der Waals surface area contributed by atoms with E-state index < -0.39 is 0 Å². The average Bonchev–Trinajstić information content (AvgIpc) is 2.74. The predicted octanol–water partition coefficient (Wildman–Crippen LogP) is 3.76. The normalized spacial score (nSPS) is 21.1. The third-order valence-electron chi connectivity index (χ3n) is 2.84. The molecule has 1 aromatic rings. The Balaban J connectivity index is 2.07. The quantitative estimate of drug-likeness (QED) is 0.730. The van der Waals surface area contributed by atoms with Crippen molar-refractivity contribution in [2.24, 2.45) is 5.92 Å².